The van der Waals surface area contributed by atoms with Crippen LogP contribution in [0.15, 0.2) is 18.2 Å². The first-order valence-electron chi connectivity index (χ1n) is 3.95. The monoisotopic (exact) mass is 217 g/mol. The minimum absolute atomic E-state index is 0.161. The molecule has 1 atom stereocenters. The lowest BCUT2D eigenvalue weighted by molar-refractivity contribution is 0.340. The van der Waals surface area contributed by atoms with Crippen molar-refractivity contribution in [2.24, 2.45) is 0 Å². The summed E-state index contributed by atoms with van der Waals surface area (Å²) in [7, 11) is 0. The van der Waals surface area contributed by atoms with Gasteiger partial charge >= 0.3 is 11.4 Å². The van der Waals surface area contributed by atoms with Gasteiger partial charge < -0.3 is 14.7 Å². The lowest BCUT2D eigenvalue weighted by atomic mass is 10.3. The first kappa shape index (κ1) is 10.8. The van der Waals surface area contributed by atoms with Crippen LogP contribution in [0.4, 0.5) is 5.69 Å². The maximum atomic E-state index is 10.3. The fourth-order valence-electron chi connectivity index (χ4n) is 0.936. The lowest BCUT2D eigenvalue weighted by Gasteiger charge is -2.07. The summed E-state index contributed by atoms with van der Waals surface area (Å²) < 4.78 is 28.5. The summed E-state index contributed by atoms with van der Waals surface area (Å²) in [5, 5.41) is 0. The molecule has 14 heavy (non-hydrogen) atoms. The number of nitrogens with two attached hydrogens (primary N) is 1. The molecule has 1 aromatic carbocycles. The molecule has 0 heterocycles. The van der Waals surface area contributed by atoms with Crippen molar-refractivity contribution in [2.75, 3.05) is 12.3 Å². The normalized spacial score (nSPS) is 12.1. The Balaban J connectivity index is 2.84. The van der Waals surface area contributed by atoms with Gasteiger partial charge in [0.05, 0.1) is 12.3 Å². The van der Waals surface area contributed by atoms with E-state index < -0.39 is 11.4 Å². The summed E-state index contributed by atoms with van der Waals surface area (Å²) in [4.78, 5) is 0. The third kappa shape index (κ3) is 2.90. The van der Waals surface area contributed by atoms with Gasteiger partial charge in [-0.25, -0.2) is 0 Å². The van der Waals surface area contributed by atoms with Gasteiger partial charge in [-0.3, -0.25) is 4.55 Å². The first-order valence-corrected chi connectivity index (χ1v) is 4.98. The molecule has 0 aromatic heterocycles. The number of anilines is 1. The van der Waals surface area contributed by atoms with Gasteiger partial charge in [-0.1, -0.05) is 0 Å². The van der Waals surface area contributed by atoms with Crippen molar-refractivity contribution in [1.82, 2.24) is 0 Å². The SMILES string of the molecule is CCOc1ccc(OS(=O)O)c(N)c1. The Hall–Kier alpha value is -1.27. The van der Waals surface area contributed by atoms with E-state index in [-0.39, 0.29) is 11.4 Å². The first-order chi connectivity index (χ1) is 6.63. The zero-order valence-electron chi connectivity index (χ0n) is 7.60. The van der Waals surface area contributed by atoms with E-state index in [0.29, 0.717) is 12.4 Å². The number of hydrogen-bond donors (Lipinski definition) is 2. The highest BCUT2D eigenvalue weighted by molar-refractivity contribution is 7.74. The maximum Gasteiger partial charge on any atom is 0.357 e. The molecule has 0 bridgehead atoms. The fourth-order valence-corrected chi connectivity index (χ4v) is 1.24. The molecule has 1 unspecified atom stereocenters. The largest absolute Gasteiger partial charge is 0.494 e. The molecule has 0 aliphatic carbocycles. The fraction of sp³-hybridized carbons (Fsp3) is 0.250. The van der Waals surface area contributed by atoms with E-state index in [0.717, 1.165) is 0 Å². The number of hydrogen-bond acceptors (Lipinski definition) is 4. The van der Waals surface area contributed by atoms with Crippen LogP contribution in [0.3, 0.4) is 0 Å². The second kappa shape index (κ2) is 4.83. The van der Waals surface area contributed by atoms with Crippen molar-refractivity contribution in [3.05, 3.63) is 18.2 Å². The minimum atomic E-state index is -2.36. The number of nitrogen functional groups attached to an aromatic ring is 1. The number of ether oxygens (including phenoxy) is 1. The molecule has 0 saturated carbocycles. The lowest BCUT2D eigenvalue weighted by Crippen LogP contribution is -2.01. The standard InChI is InChI=1S/C8H11NO4S/c1-2-12-6-3-4-8(7(9)5-6)13-14(10)11/h3-5H,2,9H2,1H3,(H,10,11). The number of rotatable bonds is 4. The highest BCUT2D eigenvalue weighted by atomic mass is 32.2. The van der Waals surface area contributed by atoms with Gasteiger partial charge in [-0.2, -0.15) is 4.21 Å². The Morgan fingerprint density at radius 1 is 1.57 bits per heavy atom. The summed E-state index contributed by atoms with van der Waals surface area (Å²) >= 11 is -2.36. The summed E-state index contributed by atoms with van der Waals surface area (Å²) in [6, 6.07) is 4.63. The topological polar surface area (TPSA) is 81.8 Å². The average molecular weight is 217 g/mol. The van der Waals surface area contributed by atoms with Crippen molar-refractivity contribution in [2.45, 2.75) is 6.92 Å². The second-order valence-electron chi connectivity index (χ2n) is 2.43. The molecule has 0 aliphatic heterocycles. The molecule has 0 spiro atoms. The van der Waals surface area contributed by atoms with Crippen molar-refractivity contribution < 1.29 is 17.7 Å². The molecule has 5 nitrogen and oxygen atoms in total. The Morgan fingerprint density at radius 3 is 2.79 bits per heavy atom. The summed E-state index contributed by atoms with van der Waals surface area (Å²) in [6.07, 6.45) is 0. The molecule has 1 rings (SSSR count). The third-order valence-corrected chi connectivity index (χ3v) is 1.78. The van der Waals surface area contributed by atoms with Crippen molar-refractivity contribution in [3.63, 3.8) is 0 Å². The molecule has 0 radical (unpaired) electrons. The van der Waals surface area contributed by atoms with Gasteiger partial charge in [0.25, 0.3) is 0 Å². The van der Waals surface area contributed by atoms with Gasteiger partial charge in [0.2, 0.25) is 0 Å². The zero-order chi connectivity index (χ0) is 10.6. The van der Waals surface area contributed by atoms with Crippen LogP contribution in [0.25, 0.3) is 0 Å². The Kier molecular flexibility index (Phi) is 3.73. The van der Waals surface area contributed by atoms with E-state index in [1.54, 1.807) is 6.07 Å². The van der Waals surface area contributed by atoms with E-state index in [4.69, 9.17) is 15.0 Å². The van der Waals surface area contributed by atoms with Crippen LogP contribution in [0.1, 0.15) is 6.92 Å². The van der Waals surface area contributed by atoms with Crippen LogP contribution in [-0.2, 0) is 11.4 Å². The molecule has 1 aromatic rings. The van der Waals surface area contributed by atoms with Crippen LogP contribution in [0, 0.1) is 0 Å². The molecular formula is C8H11NO4S. The van der Waals surface area contributed by atoms with Crippen LogP contribution in [0.5, 0.6) is 11.5 Å². The molecule has 78 valence electrons. The summed E-state index contributed by atoms with van der Waals surface area (Å²) in [5.74, 6) is 0.760. The van der Waals surface area contributed by atoms with Crippen molar-refractivity contribution in [1.29, 1.82) is 0 Å². The average Bonchev–Trinajstić information content (AvgIpc) is 2.10. The second-order valence-corrected chi connectivity index (χ2v) is 3.03. The summed E-state index contributed by atoms with van der Waals surface area (Å²) in [6.45, 7) is 2.38. The molecule has 0 saturated heterocycles. The maximum absolute atomic E-state index is 10.3. The van der Waals surface area contributed by atoms with Crippen LogP contribution >= 0.6 is 0 Å². The van der Waals surface area contributed by atoms with E-state index in [1.165, 1.54) is 12.1 Å². The van der Waals surface area contributed by atoms with E-state index >= 15 is 0 Å². The van der Waals surface area contributed by atoms with Crippen LogP contribution in [0.2, 0.25) is 0 Å². The molecule has 0 fully saturated rings. The van der Waals surface area contributed by atoms with E-state index in [1.807, 2.05) is 6.92 Å². The Bertz CT molecular complexity index is 342. The van der Waals surface area contributed by atoms with Gasteiger partial charge in [0.1, 0.15) is 5.75 Å². The molecule has 6 heteroatoms. The molecule has 0 amide bonds. The van der Waals surface area contributed by atoms with Crippen molar-refractivity contribution in [3.8, 4) is 11.5 Å². The smallest absolute Gasteiger partial charge is 0.357 e. The predicted molar refractivity (Wildman–Crippen MR) is 53.4 cm³/mol. The predicted octanol–water partition coefficient (Wildman–Crippen LogP) is 1.18. The zero-order valence-corrected chi connectivity index (χ0v) is 8.41. The van der Waals surface area contributed by atoms with Gasteiger partial charge in [0, 0.05) is 6.07 Å². The highest BCUT2D eigenvalue weighted by Gasteiger charge is 2.05. The molecule has 0 aliphatic rings. The Labute approximate surface area is 84.3 Å². The van der Waals surface area contributed by atoms with E-state index in [2.05, 4.69) is 4.18 Å². The van der Waals surface area contributed by atoms with Gasteiger partial charge in [0.15, 0.2) is 5.75 Å². The van der Waals surface area contributed by atoms with Crippen LogP contribution < -0.4 is 14.7 Å². The molecular weight excluding hydrogens is 206 g/mol. The minimum Gasteiger partial charge on any atom is -0.494 e. The third-order valence-electron chi connectivity index (χ3n) is 1.45. The Morgan fingerprint density at radius 2 is 2.29 bits per heavy atom. The van der Waals surface area contributed by atoms with Crippen LogP contribution in [-0.4, -0.2) is 15.4 Å². The van der Waals surface area contributed by atoms with Gasteiger partial charge in [-0.05, 0) is 19.1 Å². The molecule has 3 N–H and O–H groups in total. The van der Waals surface area contributed by atoms with E-state index in [9.17, 15) is 4.21 Å². The number of benzene rings is 1. The quantitative estimate of drug-likeness (QED) is 0.584. The summed E-state index contributed by atoms with van der Waals surface area (Å²) in [5.41, 5.74) is 5.81. The van der Waals surface area contributed by atoms with Gasteiger partial charge in [-0.15, -0.1) is 0 Å². The highest BCUT2D eigenvalue weighted by Crippen LogP contribution is 2.26. The van der Waals surface area contributed by atoms with Crippen molar-refractivity contribution >= 4 is 17.0 Å².